The first-order valence-corrected chi connectivity index (χ1v) is 6.33. The summed E-state index contributed by atoms with van der Waals surface area (Å²) >= 11 is 4.15. The lowest BCUT2D eigenvalue weighted by atomic mass is 9.95. The summed E-state index contributed by atoms with van der Waals surface area (Å²) < 4.78 is 5.09. The molecule has 5 atom stereocenters. The van der Waals surface area contributed by atoms with E-state index in [4.69, 9.17) is 14.9 Å². The van der Waals surface area contributed by atoms with E-state index >= 15 is 0 Å². The number of nitrogens with one attached hydrogen (secondary N) is 1. The Bertz CT molecular complexity index is 414. The van der Waals surface area contributed by atoms with E-state index in [0.717, 1.165) is 0 Å². The zero-order valence-electron chi connectivity index (χ0n) is 10.6. The SMILES string of the molecule is CC(=O)NC1C(S)C=C(C(=O)O)OC1C(O)C(O)CO. The molecular weight excluding hydrogens is 290 g/mol. The lowest BCUT2D eigenvalue weighted by Gasteiger charge is -2.38. The Labute approximate surface area is 120 Å². The highest BCUT2D eigenvalue weighted by molar-refractivity contribution is 7.81. The quantitative estimate of drug-likeness (QED) is 0.319. The number of carboxylic acids is 1. The highest BCUT2D eigenvalue weighted by Gasteiger charge is 2.42. The van der Waals surface area contributed by atoms with Gasteiger partial charge in [0.25, 0.3) is 0 Å². The molecule has 1 amide bonds. The minimum absolute atomic E-state index is 0.430. The van der Waals surface area contributed by atoms with E-state index in [1.165, 1.54) is 13.0 Å². The van der Waals surface area contributed by atoms with Gasteiger partial charge < -0.3 is 30.5 Å². The molecule has 5 N–H and O–H groups in total. The molecule has 0 saturated carbocycles. The summed E-state index contributed by atoms with van der Waals surface area (Å²) in [4.78, 5) is 22.1. The number of hydrogen-bond donors (Lipinski definition) is 6. The van der Waals surface area contributed by atoms with Crippen molar-refractivity contribution in [2.45, 2.75) is 36.5 Å². The molecule has 1 rings (SSSR count). The number of thiol groups is 1. The smallest absolute Gasteiger partial charge is 0.370 e. The second-order valence-electron chi connectivity index (χ2n) is 4.38. The van der Waals surface area contributed by atoms with Gasteiger partial charge in [-0.15, -0.1) is 0 Å². The van der Waals surface area contributed by atoms with Crippen molar-refractivity contribution in [1.82, 2.24) is 5.32 Å². The van der Waals surface area contributed by atoms with Crippen LogP contribution < -0.4 is 5.32 Å². The standard InChI is InChI=1S/C11H17NO7S/c1-4(14)12-8-7(20)2-6(11(17)18)19-10(8)9(16)5(15)3-13/h2,5,7-10,13,15-16,20H,3H2,1H3,(H,12,14)(H,17,18). The van der Waals surface area contributed by atoms with Gasteiger partial charge in [-0.2, -0.15) is 12.6 Å². The molecule has 0 aliphatic carbocycles. The van der Waals surface area contributed by atoms with Crippen LogP contribution in [-0.2, 0) is 14.3 Å². The lowest BCUT2D eigenvalue weighted by molar-refractivity contribution is -0.145. The third kappa shape index (κ3) is 3.85. The van der Waals surface area contributed by atoms with Gasteiger partial charge in [0.2, 0.25) is 11.7 Å². The number of aliphatic hydroxyl groups is 3. The van der Waals surface area contributed by atoms with Crippen LogP contribution in [0.5, 0.6) is 0 Å². The average Bonchev–Trinajstić information content (AvgIpc) is 2.38. The van der Waals surface area contributed by atoms with Gasteiger partial charge in [-0.1, -0.05) is 0 Å². The molecule has 0 aromatic rings. The van der Waals surface area contributed by atoms with Crippen molar-refractivity contribution >= 4 is 24.5 Å². The molecule has 8 nitrogen and oxygen atoms in total. The summed E-state index contributed by atoms with van der Waals surface area (Å²) in [5.41, 5.74) is 0. The number of rotatable bonds is 5. The summed E-state index contributed by atoms with van der Waals surface area (Å²) in [5, 5.41) is 38.9. The molecule has 20 heavy (non-hydrogen) atoms. The number of aliphatic hydroxyl groups excluding tert-OH is 3. The van der Waals surface area contributed by atoms with E-state index in [-0.39, 0.29) is 0 Å². The van der Waals surface area contributed by atoms with Gasteiger partial charge in [0.05, 0.1) is 12.6 Å². The van der Waals surface area contributed by atoms with Crippen LogP contribution in [0.2, 0.25) is 0 Å². The molecule has 0 radical (unpaired) electrons. The summed E-state index contributed by atoms with van der Waals surface area (Å²) in [6.07, 6.45) is -3.19. The van der Waals surface area contributed by atoms with E-state index < -0.39 is 53.8 Å². The van der Waals surface area contributed by atoms with Crippen molar-refractivity contribution in [2.24, 2.45) is 0 Å². The summed E-state index contributed by atoms with van der Waals surface area (Å²) in [5.74, 6) is -2.23. The van der Waals surface area contributed by atoms with Crippen LogP contribution in [0, 0.1) is 0 Å². The van der Waals surface area contributed by atoms with Gasteiger partial charge in [0.1, 0.15) is 18.3 Å². The maximum Gasteiger partial charge on any atom is 0.370 e. The monoisotopic (exact) mass is 307 g/mol. The Balaban J connectivity index is 3.04. The van der Waals surface area contributed by atoms with Crippen molar-refractivity contribution in [3.63, 3.8) is 0 Å². The fourth-order valence-corrected chi connectivity index (χ4v) is 2.22. The van der Waals surface area contributed by atoms with E-state index in [2.05, 4.69) is 17.9 Å². The molecule has 0 aromatic heterocycles. The molecule has 1 aliphatic rings. The lowest BCUT2D eigenvalue weighted by Crippen LogP contribution is -2.58. The van der Waals surface area contributed by atoms with Gasteiger partial charge in [0.15, 0.2) is 0 Å². The predicted molar refractivity (Wildman–Crippen MR) is 70.1 cm³/mol. The van der Waals surface area contributed by atoms with Crippen molar-refractivity contribution in [1.29, 1.82) is 0 Å². The van der Waals surface area contributed by atoms with Crippen molar-refractivity contribution in [3.05, 3.63) is 11.8 Å². The highest BCUT2D eigenvalue weighted by atomic mass is 32.1. The Morgan fingerprint density at radius 2 is 2.10 bits per heavy atom. The van der Waals surface area contributed by atoms with E-state index in [0.29, 0.717) is 0 Å². The topological polar surface area (TPSA) is 136 Å². The Kier molecular flexibility index (Phi) is 5.81. The minimum Gasteiger partial charge on any atom is -0.478 e. The molecular formula is C11H17NO7S. The zero-order chi connectivity index (χ0) is 15.4. The predicted octanol–water partition coefficient (Wildman–Crippen LogP) is -2.13. The van der Waals surface area contributed by atoms with Gasteiger partial charge in [-0.25, -0.2) is 4.79 Å². The normalized spacial score (nSPS) is 28.9. The number of carbonyl (C=O) groups is 2. The number of carboxylic acid groups (broad SMARTS) is 1. The van der Waals surface area contributed by atoms with Gasteiger partial charge >= 0.3 is 5.97 Å². The summed E-state index contributed by atoms with van der Waals surface area (Å²) in [6.45, 7) is 0.500. The van der Waals surface area contributed by atoms with E-state index in [9.17, 15) is 19.8 Å². The van der Waals surface area contributed by atoms with Crippen LogP contribution in [0.4, 0.5) is 0 Å². The fraction of sp³-hybridized carbons (Fsp3) is 0.636. The first kappa shape index (κ1) is 16.8. The molecule has 1 aliphatic heterocycles. The molecule has 9 heteroatoms. The maximum absolute atomic E-state index is 11.1. The Morgan fingerprint density at radius 1 is 1.50 bits per heavy atom. The molecule has 0 saturated heterocycles. The Morgan fingerprint density at radius 3 is 2.55 bits per heavy atom. The number of ether oxygens (including phenoxy) is 1. The number of hydrogen-bond acceptors (Lipinski definition) is 7. The molecule has 1 heterocycles. The number of aliphatic carboxylic acids is 1. The molecule has 0 bridgehead atoms. The van der Waals surface area contributed by atoms with Crippen LogP contribution in [0.25, 0.3) is 0 Å². The third-order valence-corrected chi connectivity index (χ3v) is 3.28. The Hall–Kier alpha value is -1.29. The molecule has 5 unspecified atom stereocenters. The molecule has 0 fully saturated rings. The van der Waals surface area contributed by atoms with Crippen LogP contribution in [0.15, 0.2) is 11.8 Å². The second-order valence-corrected chi connectivity index (χ2v) is 4.97. The van der Waals surface area contributed by atoms with Crippen LogP contribution in [0.1, 0.15) is 6.92 Å². The number of carbonyl (C=O) groups excluding carboxylic acids is 1. The zero-order valence-corrected chi connectivity index (χ0v) is 11.5. The molecule has 0 aromatic carbocycles. The highest BCUT2D eigenvalue weighted by Crippen LogP contribution is 2.25. The third-order valence-electron chi connectivity index (χ3n) is 2.81. The van der Waals surface area contributed by atoms with Crippen LogP contribution >= 0.6 is 12.6 Å². The van der Waals surface area contributed by atoms with Gasteiger partial charge in [-0.3, -0.25) is 4.79 Å². The summed E-state index contributed by atoms with van der Waals surface area (Å²) in [6, 6.07) is -0.852. The largest absolute Gasteiger partial charge is 0.478 e. The van der Waals surface area contributed by atoms with Crippen molar-refractivity contribution in [3.8, 4) is 0 Å². The molecule has 0 spiro atoms. The van der Waals surface area contributed by atoms with Gasteiger partial charge in [-0.05, 0) is 6.08 Å². The second kappa shape index (κ2) is 6.93. The van der Waals surface area contributed by atoms with E-state index in [1.54, 1.807) is 0 Å². The van der Waals surface area contributed by atoms with Crippen LogP contribution in [0.3, 0.4) is 0 Å². The van der Waals surface area contributed by atoms with Crippen LogP contribution in [-0.4, -0.2) is 68.5 Å². The summed E-state index contributed by atoms with van der Waals surface area (Å²) in [7, 11) is 0. The minimum atomic E-state index is -1.59. The maximum atomic E-state index is 11.1. The fourth-order valence-electron chi connectivity index (χ4n) is 1.85. The molecule has 114 valence electrons. The van der Waals surface area contributed by atoms with Crippen molar-refractivity contribution < 1.29 is 34.8 Å². The van der Waals surface area contributed by atoms with E-state index in [1.807, 2.05) is 0 Å². The van der Waals surface area contributed by atoms with Gasteiger partial charge in [0, 0.05) is 12.2 Å². The van der Waals surface area contributed by atoms with Crippen molar-refractivity contribution in [2.75, 3.05) is 6.61 Å². The first-order valence-electron chi connectivity index (χ1n) is 5.81. The number of amides is 1. The average molecular weight is 307 g/mol. The first-order chi connectivity index (χ1) is 9.27.